The van der Waals surface area contributed by atoms with Crippen molar-refractivity contribution in [3.8, 4) is 0 Å². The second-order valence-corrected chi connectivity index (χ2v) is 24.2. The van der Waals surface area contributed by atoms with Gasteiger partial charge < -0.3 is 14.2 Å². The minimum absolute atomic E-state index is 0.0650. The largest absolute Gasteiger partial charge is 0.462 e. The molecule has 0 spiro atoms. The van der Waals surface area contributed by atoms with Gasteiger partial charge in [0, 0.05) is 19.3 Å². The summed E-state index contributed by atoms with van der Waals surface area (Å²) in [5, 5.41) is 0. The van der Waals surface area contributed by atoms with E-state index >= 15 is 0 Å². The Balaban J connectivity index is 4.17. The fraction of sp³-hybridized carbons (Fsp3) is 0.930. The molecule has 0 bridgehead atoms. The van der Waals surface area contributed by atoms with Crippen LogP contribution in [0.4, 0.5) is 0 Å². The highest BCUT2D eigenvalue weighted by molar-refractivity contribution is 5.71. The molecule has 0 aliphatic rings. The van der Waals surface area contributed by atoms with Crippen LogP contribution in [0, 0.1) is 0 Å². The number of rotatable bonds is 66. The molecule has 0 radical (unpaired) electrons. The lowest BCUT2D eigenvalue weighted by Gasteiger charge is -2.18. The minimum Gasteiger partial charge on any atom is -0.462 e. The Morgan fingerprint density at radius 1 is 0.247 bits per heavy atom. The van der Waals surface area contributed by atoms with Gasteiger partial charge in [-0.3, -0.25) is 14.4 Å². The fourth-order valence-corrected chi connectivity index (χ4v) is 11.0. The molecule has 0 saturated carbocycles. The van der Waals surface area contributed by atoms with Crippen molar-refractivity contribution >= 4 is 17.9 Å². The molecule has 0 aliphatic carbocycles. The number of unbranched alkanes of at least 4 members (excludes halogenated alkanes) is 53. The number of carbonyl (C=O) groups excluding carboxylic acids is 3. The summed E-state index contributed by atoms with van der Waals surface area (Å²) in [6.07, 6.45) is 79.6. The Kier molecular flexibility index (Phi) is 65.1. The van der Waals surface area contributed by atoms with Crippen LogP contribution in [0.1, 0.15) is 406 Å². The monoisotopic (exact) mass is 1090 g/mol. The van der Waals surface area contributed by atoms with Crippen molar-refractivity contribution in [3.05, 3.63) is 12.2 Å². The summed E-state index contributed by atoms with van der Waals surface area (Å²) >= 11 is 0. The highest BCUT2D eigenvalue weighted by atomic mass is 16.6. The summed E-state index contributed by atoms with van der Waals surface area (Å²) in [4.78, 5) is 38.4. The molecule has 0 amide bonds. The van der Waals surface area contributed by atoms with E-state index < -0.39 is 6.10 Å². The van der Waals surface area contributed by atoms with Gasteiger partial charge in [0.05, 0.1) is 0 Å². The van der Waals surface area contributed by atoms with Crippen LogP contribution >= 0.6 is 0 Å². The first-order valence-electron chi connectivity index (χ1n) is 35.2. The van der Waals surface area contributed by atoms with Gasteiger partial charge in [0.2, 0.25) is 0 Å². The zero-order valence-electron chi connectivity index (χ0n) is 52.5. The van der Waals surface area contributed by atoms with Gasteiger partial charge in [-0.25, -0.2) is 0 Å². The Morgan fingerprint density at radius 3 is 0.649 bits per heavy atom. The molecule has 1 atom stereocenters. The van der Waals surface area contributed by atoms with E-state index in [9.17, 15) is 14.4 Å². The van der Waals surface area contributed by atoms with Crippen molar-refractivity contribution in [1.82, 2.24) is 0 Å². The summed E-state index contributed by atoms with van der Waals surface area (Å²) in [5.41, 5.74) is 0. The fourth-order valence-electron chi connectivity index (χ4n) is 11.0. The molecule has 6 heteroatoms. The molecule has 0 N–H and O–H groups in total. The maximum absolute atomic E-state index is 12.9. The summed E-state index contributed by atoms with van der Waals surface area (Å²) in [5.74, 6) is -0.835. The molecule has 6 nitrogen and oxygen atoms in total. The summed E-state index contributed by atoms with van der Waals surface area (Å²) < 4.78 is 17.0. The number of hydrogen-bond acceptors (Lipinski definition) is 6. The van der Waals surface area contributed by atoms with Crippen LogP contribution in [-0.4, -0.2) is 37.2 Å². The zero-order chi connectivity index (χ0) is 55.7. The second-order valence-electron chi connectivity index (χ2n) is 24.2. The third kappa shape index (κ3) is 64.9. The minimum atomic E-state index is -0.768. The van der Waals surface area contributed by atoms with Gasteiger partial charge >= 0.3 is 17.9 Å². The number of carbonyl (C=O) groups is 3. The molecule has 1 unspecified atom stereocenters. The highest BCUT2D eigenvalue weighted by Gasteiger charge is 2.19. The number of ether oxygens (including phenoxy) is 3. The summed E-state index contributed by atoms with van der Waals surface area (Å²) in [6.45, 7) is 6.72. The van der Waals surface area contributed by atoms with E-state index in [4.69, 9.17) is 14.2 Å². The van der Waals surface area contributed by atoms with Crippen LogP contribution in [0.25, 0.3) is 0 Å². The van der Waals surface area contributed by atoms with Crippen LogP contribution in [0.5, 0.6) is 0 Å². The van der Waals surface area contributed by atoms with E-state index in [1.165, 1.54) is 308 Å². The first-order valence-corrected chi connectivity index (χ1v) is 35.2. The molecule has 456 valence electrons. The second kappa shape index (κ2) is 66.7. The molecule has 0 saturated heterocycles. The molecule has 0 aromatic rings. The van der Waals surface area contributed by atoms with Gasteiger partial charge in [-0.1, -0.05) is 354 Å². The summed E-state index contributed by atoms with van der Waals surface area (Å²) in [7, 11) is 0. The first kappa shape index (κ1) is 75.2. The molecule has 0 fully saturated rings. The molecule has 0 rings (SSSR count). The molecule has 0 heterocycles. The van der Waals surface area contributed by atoms with Gasteiger partial charge in [-0.05, 0) is 44.9 Å². The third-order valence-corrected chi connectivity index (χ3v) is 16.3. The van der Waals surface area contributed by atoms with Gasteiger partial charge in [-0.15, -0.1) is 0 Å². The molecule has 0 aliphatic heterocycles. The topological polar surface area (TPSA) is 78.9 Å². The first-order chi connectivity index (χ1) is 38.0. The van der Waals surface area contributed by atoms with E-state index in [0.717, 1.165) is 57.8 Å². The van der Waals surface area contributed by atoms with Gasteiger partial charge in [-0.2, -0.15) is 0 Å². The van der Waals surface area contributed by atoms with Crippen molar-refractivity contribution in [2.75, 3.05) is 13.2 Å². The Hall–Kier alpha value is -1.85. The van der Waals surface area contributed by atoms with Crippen LogP contribution in [-0.2, 0) is 28.6 Å². The van der Waals surface area contributed by atoms with Gasteiger partial charge in [0.25, 0.3) is 0 Å². The smallest absolute Gasteiger partial charge is 0.306 e. The quantitative estimate of drug-likeness (QED) is 0.0261. The Labute approximate surface area is 481 Å². The van der Waals surface area contributed by atoms with E-state index in [-0.39, 0.29) is 31.1 Å². The molecular weight excluding hydrogens is 949 g/mol. The zero-order valence-corrected chi connectivity index (χ0v) is 52.5. The van der Waals surface area contributed by atoms with Crippen LogP contribution < -0.4 is 0 Å². The van der Waals surface area contributed by atoms with Crippen molar-refractivity contribution in [2.45, 2.75) is 412 Å². The molecule has 0 aromatic carbocycles. The predicted molar refractivity (Wildman–Crippen MR) is 335 cm³/mol. The van der Waals surface area contributed by atoms with E-state index in [0.29, 0.717) is 19.3 Å². The SMILES string of the molecule is CCCCCCCC/C=C\CCCCCCCCCC(=O)OC(COC(=O)CCCCCCCCCCCCCCCC)COC(=O)CCCCCCCCCCCCCCCCCCCCCCCCCCCCCC. The normalized spacial score (nSPS) is 12.0. The number of esters is 3. The molecular formula is C71H136O6. The van der Waals surface area contributed by atoms with Crippen LogP contribution in [0.2, 0.25) is 0 Å². The van der Waals surface area contributed by atoms with E-state index in [1.807, 2.05) is 0 Å². The van der Waals surface area contributed by atoms with Crippen molar-refractivity contribution < 1.29 is 28.6 Å². The highest BCUT2D eigenvalue weighted by Crippen LogP contribution is 2.19. The standard InChI is InChI=1S/C71H136O6/c1-4-7-10-13-16-19-22-25-28-30-31-32-33-34-35-36-37-38-39-40-42-43-46-49-52-55-58-61-64-70(73)76-67-68(66-75-69(72)63-60-57-54-51-48-45-27-24-21-18-15-12-9-6-3)77-71(74)65-62-59-56-53-50-47-44-41-29-26-23-20-17-14-11-8-5-2/h26,29,68H,4-25,27-28,30-67H2,1-3H3/b29-26-. The lowest BCUT2D eigenvalue weighted by Crippen LogP contribution is -2.30. The van der Waals surface area contributed by atoms with Crippen molar-refractivity contribution in [2.24, 2.45) is 0 Å². The lowest BCUT2D eigenvalue weighted by atomic mass is 10.0. The Morgan fingerprint density at radius 2 is 0.429 bits per heavy atom. The maximum Gasteiger partial charge on any atom is 0.306 e. The van der Waals surface area contributed by atoms with E-state index in [1.54, 1.807) is 0 Å². The van der Waals surface area contributed by atoms with Gasteiger partial charge in [0.15, 0.2) is 6.10 Å². The van der Waals surface area contributed by atoms with Gasteiger partial charge in [0.1, 0.15) is 13.2 Å². The number of hydrogen-bond donors (Lipinski definition) is 0. The number of allylic oxidation sites excluding steroid dienone is 2. The Bertz CT molecular complexity index is 1200. The lowest BCUT2D eigenvalue weighted by molar-refractivity contribution is -0.167. The van der Waals surface area contributed by atoms with Crippen LogP contribution in [0.15, 0.2) is 12.2 Å². The van der Waals surface area contributed by atoms with Crippen molar-refractivity contribution in [3.63, 3.8) is 0 Å². The maximum atomic E-state index is 12.9. The average molecular weight is 1090 g/mol. The van der Waals surface area contributed by atoms with E-state index in [2.05, 4.69) is 32.9 Å². The third-order valence-electron chi connectivity index (χ3n) is 16.3. The molecule has 0 aromatic heterocycles. The predicted octanol–water partition coefficient (Wildman–Crippen LogP) is 24.0. The molecule has 77 heavy (non-hydrogen) atoms. The van der Waals surface area contributed by atoms with Crippen LogP contribution in [0.3, 0.4) is 0 Å². The summed E-state index contributed by atoms with van der Waals surface area (Å²) in [6, 6.07) is 0. The van der Waals surface area contributed by atoms with Crippen molar-refractivity contribution in [1.29, 1.82) is 0 Å². The average Bonchev–Trinajstić information content (AvgIpc) is 3.43.